The number of hydrogen-bond donors (Lipinski definition) is 2. The summed E-state index contributed by atoms with van der Waals surface area (Å²) in [6, 6.07) is 7.18. The van der Waals surface area contributed by atoms with Crippen LogP contribution in [-0.4, -0.2) is 41.7 Å². The van der Waals surface area contributed by atoms with Gasteiger partial charge in [0.25, 0.3) is 0 Å². The largest absolute Gasteiger partial charge is 0.392 e. The van der Waals surface area contributed by atoms with Crippen molar-refractivity contribution in [3.05, 3.63) is 29.3 Å². The summed E-state index contributed by atoms with van der Waals surface area (Å²) >= 11 is 5.96. The number of carbonyl (C=O) groups excluding carboxylic acids is 1. The van der Waals surface area contributed by atoms with Crippen molar-refractivity contribution < 1.29 is 9.90 Å². The molecular weight excluding hydrogens is 252 g/mol. The third-order valence-electron chi connectivity index (χ3n) is 3.05. The lowest BCUT2D eigenvalue weighted by atomic mass is 10.3. The van der Waals surface area contributed by atoms with Gasteiger partial charge in [-0.05, 0) is 18.6 Å². The Balaban J connectivity index is 1.77. The lowest BCUT2D eigenvalue weighted by Gasteiger charge is -2.14. The van der Waals surface area contributed by atoms with Crippen LogP contribution in [0.1, 0.15) is 12.8 Å². The van der Waals surface area contributed by atoms with Crippen molar-refractivity contribution in [1.82, 2.24) is 4.90 Å². The first kappa shape index (κ1) is 13.3. The van der Waals surface area contributed by atoms with Crippen LogP contribution < -0.4 is 5.32 Å². The number of anilines is 1. The van der Waals surface area contributed by atoms with E-state index in [2.05, 4.69) is 10.2 Å². The number of β-amino-alcohol motifs (C(OH)–C–C–N with tert-alkyl or cyclic N) is 1. The first-order chi connectivity index (χ1) is 8.65. The molecule has 2 rings (SSSR count). The highest BCUT2D eigenvalue weighted by molar-refractivity contribution is 6.33. The standard InChI is InChI=1S/C13H17ClN2O2/c14-11-3-1-2-4-12(11)15-13(18)6-8-16-7-5-10(17)9-16/h1-4,10,17H,5-9H2,(H,15,18)/t10-/m0/s1. The van der Waals surface area contributed by atoms with Gasteiger partial charge >= 0.3 is 0 Å². The SMILES string of the molecule is O=C(CCN1CC[C@H](O)C1)Nc1ccccc1Cl. The molecule has 0 spiro atoms. The van der Waals surface area contributed by atoms with Crippen LogP contribution >= 0.6 is 11.6 Å². The Morgan fingerprint density at radius 3 is 2.94 bits per heavy atom. The molecule has 0 radical (unpaired) electrons. The lowest BCUT2D eigenvalue weighted by Crippen LogP contribution is -2.26. The maximum atomic E-state index is 11.7. The van der Waals surface area contributed by atoms with Crippen molar-refractivity contribution in [2.24, 2.45) is 0 Å². The van der Waals surface area contributed by atoms with Gasteiger partial charge in [0.1, 0.15) is 0 Å². The molecule has 4 nitrogen and oxygen atoms in total. The van der Waals surface area contributed by atoms with Gasteiger partial charge in [0.2, 0.25) is 5.91 Å². The quantitative estimate of drug-likeness (QED) is 0.875. The number of rotatable bonds is 4. The predicted molar refractivity (Wildman–Crippen MR) is 71.8 cm³/mol. The van der Waals surface area contributed by atoms with E-state index in [0.29, 0.717) is 30.2 Å². The first-order valence-electron chi connectivity index (χ1n) is 6.10. The molecule has 1 amide bonds. The third-order valence-corrected chi connectivity index (χ3v) is 3.38. The van der Waals surface area contributed by atoms with Crippen molar-refractivity contribution in [3.8, 4) is 0 Å². The molecule has 1 aliphatic heterocycles. The zero-order valence-corrected chi connectivity index (χ0v) is 10.9. The molecule has 0 bridgehead atoms. The van der Waals surface area contributed by atoms with Crippen LogP contribution in [0.5, 0.6) is 0 Å². The zero-order valence-electron chi connectivity index (χ0n) is 10.1. The highest BCUT2D eigenvalue weighted by Crippen LogP contribution is 2.20. The minimum absolute atomic E-state index is 0.0514. The Bertz CT molecular complexity index is 425. The zero-order chi connectivity index (χ0) is 13.0. The number of amides is 1. The van der Waals surface area contributed by atoms with Gasteiger partial charge in [0, 0.05) is 26.1 Å². The molecule has 0 saturated carbocycles. The summed E-state index contributed by atoms with van der Waals surface area (Å²) in [5.74, 6) is -0.0514. The molecule has 0 aromatic heterocycles. The van der Waals surface area contributed by atoms with Crippen LogP contribution in [0.2, 0.25) is 5.02 Å². The van der Waals surface area contributed by atoms with E-state index in [1.165, 1.54) is 0 Å². The number of para-hydroxylation sites is 1. The molecule has 0 unspecified atom stereocenters. The number of aliphatic hydroxyl groups is 1. The highest BCUT2D eigenvalue weighted by Gasteiger charge is 2.20. The number of halogens is 1. The number of aliphatic hydroxyl groups excluding tert-OH is 1. The van der Waals surface area contributed by atoms with Crippen molar-refractivity contribution in [2.75, 3.05) is 25.0 Å². The molecule has 5 heteroatoms. The van der Waals surface area contributed by atoms with Gasteiger partial charge in [-0.25, -0.2) is 0 Å². The van der Waals surface area contributed by atoms with Crippen LogP contribution in [0.25, 0.3) is 0 Å². The van der Waals surface area contributed by atoms with Crippen molar-refractivity contribution in [3.63, 3.8) is 0 Å². The van der Waals surface area contributed by atoms with Crippen LogP contribution in [0.3, 0.4) is 0 Å². The van der Waals surface area contributed by atoms with Gasteiger partial charge in [-0.15, -0.1) is 0 Å². The smallest absolute Gasteiger partial charge is 0.225 e. The van der Waals surface area contributed by atoms with Gasteiger partial charge < -0.3 is 15.3 Å². The van der Waals surface area contributed by atoms with Crippen molar-refractivity contribution in [1.29, 1.82) is 0 Å². The van der Waals surface area contributed by atoms with Gasteiger partial charge in [-0.2, -0.15) is 0 Å². The second kappa shape index (κ2) is 6.18. The lowest BCUT2D eigenvalue weighted by molar-refractivity contribution is -0.116. The molecule has 1 heterocycles. The van der Waals surface area contributed by atoms with Gasteiger partial charge in [-0.1, -0.05) is 23.7 Å². The second-order valence-corrected chi connectivity index (χ2v) is 4.93. The molecule has 1 fully saturated rings. The minimum atomic E-state index is -0.239. The van der Waals surface area contributed by atoms with E-state index < -0.39 is 0 Å². The van der Waals surface area contributed by atoms with E-state index in [9.17, 15) is 9.90 Å². The van der Waals surface area contributed by atoms with E-state index in [4.69, 9.17) is 11.6 Å². The Morgan fingerprint density at radius 1 is 1.50 bits per heavy atom. The third kappa shape index (κ3) is 3.70. The topological polar surface area (TPSA) is 52.6 Å². The monoisotopic (exact) mass is 268 g/mol. The number of nitrogens with one attached hydrogen (secondary N) is 1. The molecule has 1 aromatic rings. The second-order valence-electron chi connectivity index (χ2n) is 4.52. The summed E-state index contributed by atoms with van der Waals surface area (Å²) in [6.45, 7) is 2.20. The number of nitrogens with zero attached hydrogens (tertiary/aromatic N) is 1. The number of hydrogen-bond acceptors (Lipinski definition) is 3. The molecular formula is C13H17ClN2O2. The van der Waals surface area contributed by atoms with E-state index in [-0.39, 0.29) is 12.0 Å². The van der Waals surface area contributed by atoms with Crippen molar-refractivity contribution in [2.45, 2.75) is 18.9 Å². The maximum Gasteiger partial charge on any atom is 0.225 e. The number of likely N-dealkylation sites (tertiary alicyclic amines) is 1. The van der Waals surface area contributed by atoms with Crippen molar-refractivity contribution >= 4 is 23.2 Å². The number of benzene rings is 1. The molecule has 1 aliphatic rings. The molecule has 98 valence electrons. The Kier molecular flexibility index (Phi) is 4.58. The summed E-state index contributed by atoms with van der Waals surface area (Å²) in [7, 11) is 0. The van der Waals surface area contributed by atoms with Crippen LogP contribution in [0.4, 0.5) is 5.69 Å². The summed E-state index contributed by atoms with van der Waals surface area (Å²) < 4.78 is 0. The van der Waals surface area contributed by atoms with E-state index in [1.54, 1.807) is 12.1 Å². The van der Waals surface area contributed by atoms with Crippen LogP contribution in [-0.2, 0) is 4.79 Å². The minimum Gasteiger partial charge on any atom is -0.392 e. The molecule has 0 aliphatic carbocycles. The molecule has 1 saturated heterocycles. The summed E-state index contributed by atoms with van der Waals surface area (Å²) in [5, 5.41) is 12.7. The van der Waals surface area contributed by atoms with Crippen LogP contribution in [0.15, 0.2) is 24.3 Å². The fourth-order valence-corrected chi connectivity index (χ4v) is 2.23. The normalized spacial score (nSPS) is 20.0. The number of carbonyl (C=O) groups is 1. The molecule has 2 N–H and O–H groups in total. The first-order valence-corrected chi connectivity index (χ1v) is 6.48. The van der Waals surface area contributed by atoms with E-state index >= 15 is 0 Å². The fourth-order valence-electron chi connectivity index (χ4n) is 2.05. The maximum absolute atomic E-state index is 11.7. The summed E-state index contributed by atoms with van der Waals surface area (Å²) in [4.78, 5) is 13.8. The van der Waals surface area contributed by atoms with E-state index in [1.807, 2.05) is 12.1 Å². The molecule has 1 aromatic carbocycles. The summed E-state index contributed by atoms with van der Waals surface area (Å²) in [5.41, 5.74) is 0.644. The van der Waals surface area contributed by atoms with Gasteiger partial charge in [0.15, 0.2) is 0 Å². The van der Waals surface area contributed by atoms with E-state index in [0.717, 1.165) is 13.0 Å². The Hall–Kier alpha value is -1.10. The average Bonchev–Trinajstić information content (AvgIpc) is 2.76. The average molecular weight is 269 g/mol. The van der Waals surface area contributed by atoms with Gasteiger partial charge in [-0.3, -0.25) is 4.79 Å². The fraction of sp³-hybridized carbons (Fsp3) is 0.462. The molecule has 1 atom stereocenters. The summed E-state index contributed by atoms with van der Waals surface area (Å²) in [6.07, 6.45) is 0.973. The highest BCUT2D eigenvalue weighted by atomic mass is 35.5. The van der Waals surface area contributed by atoms with Gasteiger partial charge in [0.05, 0.1) is 16.8 Å². The van der Waals surface area contributed by atoms with Crippen LogP contribution in [0, 0.1) is 0 Å². The Morgan fingerprint density at radius 2 is 2.28 bits per heavy atom. The molecule has 18 heavy (non-hydrogen) atoms. The Labute approximate surface area is 112 Å². The predicted octanol–water partition coefficient (Wildman–Crippen LogP) is 1.74.